The lowest BCUT2D eigenvalue weighted by Crippen LogP contribution is -2.14. The predicted molar refractivity (Wildman–Crippen MR) is 37.9 cm³/mol. The van der Waals surface area contributed by atoms with Gasteiger partial charge in [-0.25, -0.2) is 4.79 Å². The highest BCUT2D eigenvalue weighted by Gasteiger charge is 2.06. The topological polar surface area (TPSA) is 35.5 Å². The van der Waals surface area contributed by atoms with Gasteiger partial charge in [0.05, 0.1) is 6.61 Å². The molecule has 0 aromatic carbocycles. The van der Waals surface area contributed by atoms with E-state index in [9.17, 15) is 4.79 Å². The van der Waals surface area contributed by atoms with Gasteiger partial charge in [-0.1, -0.05) is 6.92 Å². The monoisotopic (exact) mass is 146 g/mol. The number of rotatable bonds is 3. The van der Waals surface area contributed by atoms with E-state index in [-0.39, 0.29) is 6.10 Å². The van der Waals surface area contributed by atoms with Crippen LogP contribution in [-0.2, 0) is 9.47 Å². The van der Waals surface area contributed by atoms with Crippen LogP contribution >= 0.6 is 0 Å². The highest BCUT2D eigenvalue weighted by atomic mass is 16.7. The van der Waals surface area contributed by atoms with Crippen LogP contribution in [-0.4, -0.2) is 18.9 Å². The Balaban J connectivity index is 3.37. The first-order chi connectivity index (χ1) is 4.70. The standard InChI is InChI=1S/C7H14O3/c1-4-6(3)10-7(8)9-5-2/h6H,4-5H2,1-3H3/t6-/m1/s1. The van der Waals surface area contributed by atoms with Crippen LogP contribution in [0.1, 0.15) is 27.2 Å². The molecule has 0 aromatic heterocycles. The van der Waals surface area contributed by atoms with Crippen molar-refractivity contribution in [3.05, 3.63) is 0 Å². The second-order valence-corrected chi connectivity index (χ2v) is 2.02. The molecule has 0 aliphatic rings. The summed E-state index contributed by atoms with van der Waals surface area (Å²) >= 11 is 0. The highest BCUT2D eigenvalue weighted by molar-refractivity contribution is 5.59. The Kier molecular flexibility index (Phi) is 4.72. The third kappa shape index (κ3) is 4.18. The van der Waals surface area contributed by atoms with Crippen LogP contribution in [0.25, 0.3) is 0 Å². The molecule has 0 amide bonds. The summed E-state index contributed by atoms with van der Waals surface area (Å²) in [4.78, 5) is 10.6. The Labute approximate surface area is 61.3 Å². The molecule has 0 bridgehead atoms. The zero-order chi connectivity index (χ0) is 7.98. The van der Waals surface area contributed by atoms with Crippen molar-refractivity contribution in [3.63, 3.8) is 0 Å². The lowest BCUT2D eigenvalue weighted by Gasteiger charge is -2.09. The lowest BCUT2D eigenvalue weighted by molar-refractivity contribution is 0.0312. The van der Waals surface area contributed by atoms with Crippen molar-refractivity contribution in [2.24, 2.45) is 0 Å². The second kappa shape index (κ2) is 5.09. The minimum absolute atomic E-state index is 0.0425. The van der Waals surface area contributed by atoms with Crippen molar-refractivity contribution >= 4 is 6.16 Å². The third-order valence-electron chi connectivity index (χ3n) is 1.13. The van der Waals surface area contributed by atoms with Gasteiger partial charge in [0.25, 0.3) is 0 Å². The highest BCUT2D eigenvalue weighted by Crippen LogP contribution is 1.97. The molecule has 0 radical (unpaired) electrons. The quantitative estimate of drug-likeness (QED) is 0.571. The molecule has 1 atom stereocenters. The first-order valence-corrected chi connectivity index (χ1v) is 3.54. The van der Waals surface area contributed by atoms with Crippen LogP contribution in [0.15, 0.2) is 0 Å². The van der Waals surface area contributed by atoms with Crippen LogP contribution in [0.4, 0.5) is 4.79 Å². The van der Waals surface area contributed by atoms with Crippen LogP contribution in [0, 0.1) is 0 Å². The number of carbonyl (C=O) groups is 1. The largest absolute Gasteiger partial charge is 0.508 e. The van der Waals surface area contributed by atoms with Crippen molar-refractivity contribution in [1.29, 1.82) is 0 Å². The summed E-state index contributed by atoms with van der Waals surface area (Å²) < 4.78 is 9.33. The maximum atomic E-state index is 10.6. The summed E-state index contributed by atoms with van der Waals surface area (Å²) in [5.74, 6) is 0. The van der Waals surface area contributed by atoms with Gasteiger partial charge >= 0.3 is 6.16 Å². The maximum absolute atomic E-state index is 10.6. The SMILES string of the molecule is CCOC(=O)O[C@H](C)CC. The molecule has 0 saturated heterocycles. The van der Waals surface area contributed by atoms with Crippen molar-refractivity contribution in [2.75, 3.05) is 6.61 Å². The molecule has 0 spiro atoms. The van der Waals surface area contributed by atoms with Gasteiger partial charge in [-0.05, 0) is 20.3 Å². The molecule has 0 N–H and O–H groups in total. The molecule has 0 heterocycles. The maximum Gasteiger partial charge on any atom is 0.508 e. The van der Waals surface area contributed by atoms with Gasteiger partial charge in [0.1, 0.15) is 6.10 Å². The Bertz CT molecular complexity index is 101. The zero-order valence-corrected chi connectivity index (χ0v) is 6.72. The Hall–Kier alpha value is -0.730. The molecular formula is C7H14O3. The van der Waals surface area contributed by atoms with Gasteiger partial charge in [-0.2, -0.15) is 0 Å². The molecule has 0 aliphatic heterocycles. The molecule has 0 aliphatic carbocycles. The molecule has 0 unspecified atom stereocenters. The van der Waals surface area contributed by atoms with Gasteiger partial charge < -0.3 is 9.47 Å². The normalized spacial score (nSPS) is 12.3. The second-order valence-electron chi connectivity index (χ2n) is 2.02. The molecule has 0 saturated carbocycles. The van der Waals surface area contributed by atoms with Gasteiger partial charge in [0, 0.05) is 0 Å². The number of carbonyl (C=O) groups excluding carboxylic acids is 1. The number of hydrogen-bond acceptors (Lipinski definition) is 3. The minimum Gasteiger partial charge on any atom is -0.435 e. The van der Waals surface area contributed by atoms with E-state index in [1.807, 2.05) is 13.8 Å². The third-order valence-corrected chi connectivity index (χ3v) is 1.13. The molecule has 0 rings (SSSR count). The fourth-order valence-corrected chi connectivity index (χ4v) is 0.399. The van der Waals surface area contributed by atoms with Crippen LogP contribution in [0.5, 0.6) is 0 Å². The van der Waals surface area contributed by atoms with Gasteiger partial charge in [-0.15, -0.1) is 0 Å². The van der Waals surface area contributed by atoms with E-state index in [0.29, 0.717) is 6.61 Å². The van der Waals surface area contributed by atoms with E-state index in [2.05, 4.69) is 4.74 Å². The molecule has 3 nitrogen and oxygen atoms in total. The number of hydrogen-bond donors (Lipinski definition) is 0. The van der Waals surface area contributed by atoms with Crippen LogP contribution in [0.2, 0.25) is 0 Å². The van der Waals surface area contributed by atoms with Crippen molar-refractivity contribution in [2.45, 2.75) is 33.3 Å². The fourth-order valence-electron chi connectivity index (χ4n) is 0.399. The van der Waals surface area contributed by atoms with Gasteiger partial charge in [-0.3, -0.25) is 0 Å². The summed E-state index contributed by atoms with van der Waals surface area (Å²) in [6, 6.07) is 0. The summed E-state index contributed by atoms with van der Waals surface area (Å²) in [5, 5.41) is 0. The average molecular weight is 146 g/mol. The minimum atomic E-state index is -0.572. The van der Waals surface area contributed by atoms with E-state index in [1.165, 1.54) is 0 Å². The first kappa shape index (κ1) is 9.27. The lowest BCUT2D eigenvalue weighted by atomic mass is 10.3. The molecule has 0 fully saturated rings. The molecule has 0 aromatic rings. The fraction of sp³-hybridized carbons (Fsp3) is 0.857. The molecule has 10 heavy (non-hydrogen) atoms. The van der Waals surface area contributed by atoms with Crippen LogP contribution < -0.4 is 0 Å². The van der Waals surface area contributed by atoms with E-state index < -0.39 is 6.16 Å². The first-order valence-electron chi connectivity index (χ1n) is 3.54. The van der Waals surface area contributed by atoms with Crippen LogP contribution in [0.3, 0.4) is 0 Å². The van der Waals surface area contributed by atoms with Gasteiger partial charge in [0.15, 0.2) is 0 Å². The van der Waals surface area contributed by atoms with Gasteiger partial charge in [0.2, 0.25) is 0 Å². The zero-order valence-electron chi connectivity index (χ0n) is 6.72. The van der Waals surface area contributed by atoms with Crippen molar-refractivity contribution < 1.29 is 14.3 Å². The van der Waals surface area contributed by atoms with E-state index in [4.69, 9.17) is 4.74 Å². The summed E-state index contributed by atoms with van der Waals surface area (Å²) in [6.45, 7) is 5.90. The molecular weight excluding hydrogens is 132 g/mol. The van der Waals surface area contributed by atoms with Crippen molar-refractivity contribution in [1.82, 2.24) is 0 Å². The smallest absolute Gasteiger partial charge is 0.435 e. The van der Waals surface area contributed by atoms with E-state index in [0.717, 1.165) is 6.42 Å². The average Bonchev–Trinajstić information content (AvgIpc) is 1.88. The Morgan fingerprint density at radius 3 is 2.50 bits per heavy atom. The van der Waals surface area contributed by atoms with Crippen molar-refractivity contribution in [3.8, 4) is 0 Å². The van der Waals surface area contributed by atoms with E-state index >= 15 is 0 Å². The molecule has 60 valence electrons. The summed E-state index contributed by atoms with van der Waals surface area (Å²) in [7, 11) is 0. The summed E-state index contributed by atoms with van der Waals surface area (Å²) in [5.41, 5.74) is 0. The number of ether oxygens (including phenoxy) is 2. The Morgan fingerprint density at radius 2 is 2.10 bits per heavy atom. The molecule has 3 heteroatoms. The Morgan fingerprint density at radius 1 is 1.50 bits per heavy atom. The summed E-state index contributed by atoms with van der Waals surface area (Å²) in [6.07, 6.45) is 0.203. The predicted octanol–water partition coefficient (Wildman–Crippen LogP) is 1.96. The van der Waals surface area contributed by atoms with E-state index in [1.54, 1.807) is 6.92 Å².